The molecule has 4 aromatic heterocycles. The maximum atomic E-state index is 12.5. The van der Waals surface area contributed by atoms with Crippen molar-refractivity contribution in [3.8, 4) is 17.2 Å². The van der Waals surface area contributed by atoms with Crippen molar-refractivity contribution in [2.75, 3.05) is 26.4 Å². The summed E-state index contributed by atoms with van der Waals surface area (Å²) in [6, 6.07) is 117. The molecule has 0 bridgehead atoms. The van der Waals surface area contributed by atoms with E-state index in [9.17, 15) is 47.7 Å². The van der Waals surface area contributed by atoms with Crippen molar-refractivity contribution >= 4 is 159 Å². The number of aryl methyl sites for hydroxylation is 2. The molecular formula is C120H138BClCuF10IN6O5P3S2+2. The molecule has 801 valence electrons. The third kappa shape index (κ3) is 41.1. The van der Waals surface area contributed by atoms with Crippen LogP contribution in [0, 0.1) is 38.2 Å². The van der Waals surface area contributed by atoms with E-state index in [-0.39, 0.29) is 82.2 Å². The van der Waals surface area contributed by atoms with Gasteiger partial charge in [0.05, 0.1) is 66.2 Å². The van der Waals surface area contributed by atoms with Crippen molar-refractivity contribution < 1.29 is 95.3 Å². The summed E-state index contributed by atoms with van der Waals surface area (Å²) in [5, 5.41) is 13.6. The van der Waals surface area contributed by atoms with Crippen molar-refractivity contribution in [3.63, 3.8) is 0 Å². The number of benzene rings is 13. The van der Waals surface area contributed by atoms with Crippen LogP contribution in [0.1, 0.15) is 164 Å². The Balaban J connectivity index is 0.000000240. The molecule has 13 aromatic carbocycles. The quantitative estimate of drug-likeness (QED) is 0.0122. The van der Waals surface area contributed by atoms with E-state index >= 15 is 0 Å². The monoisotopic (exact) mass is 2330 g/mol. The summed E-state index contributed by atoms with van der Waals surface area (Å²) >= 11 is 9.34. The standard InChI is InChI=1S/C36H28OP2.C20H26I.C16H14OS.C15H11ClO2S.C14H12N2.C10H22N2.C6H16N2O.C3H7.BF3.Cu.F6P.FH/c1-5-17-29(18-6-1)38(30-19-7-2-8-20-30)35-27-15-13-25-33(35)37-34-26-14-16-28-36(34)39(31-21-9-3-10-22-31)32-23-11-4-12-24-32;1-19(2,3)15-7-11-17(12-8-15)21-18-13-9-16(10-14-18)20(4,5)6;1-10(2)11-7-8-15-13(9-11)16(17)12-5-3-4-6-14(12)18-15;1-2-18-11-8-7-10(16)13-14(17)9-5-3-4-6-12(9)19-15(11)13;1-9-3-5-11-7-8-12-6-4-10(2)16-14(12)13(11)15-9;1-9(2)4-8(12)5-10(3,6-9)7-11;1-5(7)3-9-4-6(2)8;1-3-2;2-1(3)4;;1-7(2,3,4,5)6;/h1-28H;7-14H,1-6H3;3-10H,1-2H3;3-8H,2H2,1H3;3-8H,1-2H3;8H,4-7,11-12H2,1-3H3;5-6H,3-4,7-8H2,1-2H3;3H,1-2H3;;;;1H/q;+1;;;;;;+1;;;-1;/p+1. The number of rotatable bonds is 18. The van der Waals surface area contributed by atoms with Gasteiger partial charge in [-0.15, -0.1) is 22.7 Å². The van der Waals surface area contributed by atoms with E-state index in [1.807, 2.05) is 128 Å². The van der Waals surface area contributed by atoms with E-state index in [0.717, 1.165) is 99.4 Å². The number of nitrogens with zero attached hydrogens (tertiary/aromatic N) is 2. The maximum absolute atomic E-state index is 12.5. The van der Waals surface area contributed by atoms with Crippen molar-refractivity contribution in [2.24, 2.45) is 33.8 Å². The number of hydrogen-bond acceptors (Lipinski definition) is 13. The Bertz CT molecular complexity index is 6890. The van der Waals surface area contributed by atoms with E-state index < -0.39 is 31.2 Å². The van der Waals surface area contributed by atoms with Gasteiger partial charge in [-0.25, -0.2) is 0 Å². The molecule has 30 heteroatoms. The molecule has 1 aliphatic rings. The zero-order chi connectivity index (χ0) is 109. The number of fused-ring (bicyclic) bond motifs is 7. The maximum Gasteiger partial charge on any atom is 0.170 e. The first kappa shape index (κ1) is 127. The van der Waals surface area contributed by atoms with E-state index in [0.29, 0.717) is 53.0 Å². The minimum absolute atomic E-state index is 0. The first-order chi connectivity index (χ1) is 69.8. The summed E-state index contributed by atoms with van der Waals surface area (Å²) in [4.78, 5) is 34.2. The molecule has 0 spiro atoms. The molecule has 4 heterocycles. The molecule has 4 atom stereocenters. The Morgan fingerprint density at radius 3 is 1.23 bits per heavy atom. The van der Waals surface area contributed by atoms with Gasteiger partial charge in [-0.3, -0.25) is 32.5 Å². The predicted molar refractivity (Wildman–Crippen MR) is 618 cm³/mol. The predicted octanol–water partition coefficient (Wildman–Crippen LogP) is 25.0. The number of nitrogens with two attached hydrogens (primary N) is 4. The van der Waals surface area contributed by atoms with Crippen LogP contribution in [0.5, 0.6) is 17.2 Å². The van der Waals surface area contributed by atoms with Crippen LogP contribution in [0.3, 0.4) is 0 Å². The number of aromatic nitrogens is 2. The molecule has 11 nitrogen and oxygen atoms in total. The third-order valence-corrected chi connectivity index (χ3v) is 34.0. The number of para-hydroxylation sites is 2. The summed E-state index contributed by atoms with van der Waals surface area (Å²) < 4.78 is 113. The topological polar surface area (TPSA) is 192 Å². The van der Waals surface area contributed by atoms with Crippen LogP contribution in [0.2, 0.25) is 5.02 Å². The van der Waals surface area contributed by atoms with Gasteiger partial charge in [0.2, 0.25) is 0 Å². The summed E-state index contributed by atoms with van der Waals surface area (Å²) in [7, 11) is -16.9. The first-order valence-electron chi connectivity index (χ1n) is 49.1. The molecule has 8 N–H and O–H groups in total. The second kappa shape index (κ2) is 57.7. The molecule has 4 unspecified atom stereocenters. The summed E-state index contributed by atoms with van der Waals surface area (Å²) in [6.45, 7) is 41.0. The minimum atomic E-state index is -10.7. The molecule has 150 heavy (non-hydrogen) atoms. The van der Waals surface area contributed by atoms with Crippen LogP contribution in [0.25, 0.3) is 62.2 Å². The number of pyridine rings is 2. The van der Waals surface area contributed by atoms with Crippen molar-refractivity contribution in [3.05, 3.63) is 401 Å². The van der Waals surface area contributed by atoms with Gasteiger partial charge < -0.3 is 41.8 Å². The third-order valence-electron chi connectivity index (χ3n) is 23.2. The van der Waals surface area contributed by atoms with Crippen LogP contribution in [-0.2, 0) is 32.6 Å². The number of halogens is 12. The van der Waals surface area contributed by atoms with Crippen LogP contribution < -0.4 is 101 Å². The van der Waals surface area contributed by atoms with Gasteiger partial charge in [0, 0.05) is 87.6 Å². The molecule has 1 fully saturated rings. The van der Waals surface area contributed by atoms with Crippen LogP contribution in [-0.4, -0.2) is 62.0 Å². The van der Waals surface area contributed by atoms with Gasteiger partial charge in [-0.2, -0.15) is 0 Å². The van der Waals surface area contributed by atoms with Crippen molar-refractivity contribution in [1.29, 1.82) is 0 Å². The van der Waals surface area contributed by atoms with Gasteiger partial charge in [0.15, 0.2) is 29.5 Å². The van der Waals surface area contributed by atoms with Crippen LogP contribution in [0.4, 0.5) is 38.1 Å². The summed E-state index contributed by atoms with van der Waals surface area (Å²) in [5.41, 5.74) is 32.0. The fourth-order valence-electron chi connectivity index (χ4n) is 16.7. The molecule has 1 aliphatic carbocycles. The smallest absolute Gasteiger partial charge is 0.170 e. The van der Waals surface area contributed by atoms with Gasteiger partial charge in [-0.1, -0.05) is 264 Å². The molecule has 0 amide bonds. The van der Waals surface area contributed by atoms with Gasteiger partial charge in [0.25, 0.3) is 0 Å². The second-order valence-electron chi connectivity index (χ2n) is 39.8. The molecule has 0 saturated heterocycles. The van der Waals surface area contributed by atoms with Crippen LogP contribution >= 0.6 is 57.9 Å². The average Bonchev–Trinajstić information content (AvgIpc) is 0.753. The first-order valence-corrected chi connectivity index (χ1v) is 58.3. The fourth-order valence-corrected chi connectivity index (χ4v) is 26.7. The van der Waals surface area contributed by atoms with E-state index in [1.54, 1.807) is 17.4 Å². The largest absolute Gasteiger partial charge is 1.00 e. The number of hydrogen-bond donors (Lipinski definition) is 4. The molecule has 17 aromatic rings. The fraction of sp³-hybridized carbons (Fsp3) is 0.275. The van der Waals surface area contributed by atoms with Gasteiger partial charge in [0.1, 0.15) is 53.4 Å². The molecular weight excluding hydrogens is 2190 g/mol. The Labute approximate surface area is 914 Å². The van der Waals surface area contributed by atoms with Crippen LogP contribution in [0.15, 0.2) is 343 Å². The Morgan fingerprint density at radius 1 is 0.500 bits per heavy atom. The molecule has 1 radical (unpaired) electrons. The van der Waals surface area contributed by atoms with Gasteiger partial charge >= 0.3 is 61.7 Å². The minimum Gasteiger partial charge on any atom is -1.00 e. The van der Waals surface area contributed by atoms with Crippen molar-refractivity contribution in [1.82, 2.24) is 9.97 Å². The molecule has 0 aliphatic heterocycles. The molecule has 1 saturated carbocycles. The Morgan fingerprint density at radius 2 is 0.860 bits per heavy atom. The zero-order valence-corrected chi connectivity index (χ0v) is 96.4. The number of ether oxygens (including phenoxy) is 3. The van der Waals surface area contributed by atoms with E-state index in [2.05, 4.69) is 341 Å². The second-order valence-corrected chi connectivity index (χ2v) is 52.2. The van der Waals surface area contributed by atoms with E-state index in [4.69, 9.17) is 48.7 Å². The van der Waals surface area contributed by atoms with Gasteiger partial charge in [-0.05, 0) is 262 Å². The SMILES string of the molecule is CC(C)(C)c1ccc([I+]c2ccc(C(C)(C)C)cc2)cc1.CC(C)c1ccc2sc3ccccc3c(=O)c2c1.CC(N)COCC(C)N.CC1(C)CC(N)CC(C)(CN)C1.CCOc1ccc(Cl)c2c(=O)c3ccccc3sc12.C[CH+]C.Cc1ccc2ccc3ccc(C)nc3c2n1.FB(F)F.F[P-](F)(F)(F)(F)F.[Cu].[F-].c1ccc([PH+](c2ccccc2)c2ccccc2Oc2ccccc2[PH+](c2ccccc2)c2ccccc2)cc1. The normalized spacial score (nSPS) is 14.3. The zero-order valence-electron chi connectivity index (χ0n) is 88.0. The van der Waals surface area contributed by atoms with Crippen molar-refractivity contribution in [2.45, 2.75) is 179 Å². The van der Waals surface area contributed by atoms with E-state index in [1.165, 1.54) is 73.4 Å². The molecule has 18 rings (SSSR count). The summed E-state index contributed by atoms with van der Waals surface area (Å²) in [6.07, 6.45) is 5.44. The Kier molecular flexibility index (Phi) is 48.8. The Hall–Kier alpha value is -10.1. The average molecular weight is 2330 g/mol. The summed E-state index contributed by atoms with van der Waals surface area (Å²) in [5.74, 6) is 3.02.